The molecule has 0 spiro atoms. The molecule has 0 aromatic rings. The molecule has 0 heterocycles. The van der Waals surface area contributed by atoms with Crippen molar-refractivity contribution in [1.29, 1.82) is 0 Å². The topological polar surface area (TPSA) is 60.7 Å². The Labute approximate surface area is 39.6 Å². The summed E-state index contributed by atoms with van der Waals surface area (Å²) in [5, 5.41) is 21.2. The lowest BCUT2D eigenvalue weighted by molar-refractivity contribution is -0.234. The van der Waals surface area contributed by atoms with Crippen molar-refractivity contribution < 1.29 is 15.3 Å². The summed E-state index contributed by atoms with van der Waals surface area (Å²) in [7, 11) is 0. The zero-order valence-electron chi connectivity index (χ0n) is 3.25. The lowest BCUT2D eigenvalue weighted by Crippen LogP contribution is -2.20. The second kappa shape index (κ2) is 1.79. The van der Waals surface area contributed by atoms with Crippen LogP contribution < -0.4 is 0 Å². The maximum atomic E-state index is 7.90. The zero-order valence-corrected chi connectivity index (χ0v) is 4.07. The molecule has 4 heteroatoms. The quantitative estimate of drug-likeness (QED) is 0.376. The number of rotatable bonds is 1. The highest BCUT2D eigenvalue weighted by atomic mass is 32.2. The normalized spacial score (nSPS) is 12.0. The van der Waals surface area contributed by atoms with Crippen LogP contribution in [-0.4, -0.2) is 26.9 Å². The summed E-state index contributed by atoms with van der Waals surface area (Å²) in [6, 6.07) is 0. The average Bonchev–Trinajstić information content (AvgIpc) is 1.35. The highest BCUT2D eigenvalue weighted by Gasteiger charge is 2.13. The fraction of sp³-hybridized carbons (Fsp3) is 1.00. The van der Waals surface area contributed by atoms with Crippen LogP contribution in [0.4, 0.5) is 0 Å². The predicted octanol–water partition coefficient (Wildman–Crippen LogP) is -1.06. The van der Waals surface area contributed by atoms with Gasteiger partial charge < -0.3 is 15.3 Å². The number of hydrogen-bond donors (Lipinski definition) is 3. The van der Waals surface area contributed by atoms with Gasteiger partial charge in [0.25, 0.3) is 0 Å². The van der Waals surface area contributed by atoms with Gasteiger partial charge in [0.1, 0.15) is 0 Å². The predicted molar refractivity (Wildman–Crippen MR) is 22.9 cm³/mol. The zero-order chi connectivity index (χ0) is 5.21. The van der Waals surface area contributed by atoms with E-state index >= 15 is 0 Å². The summed E-state index contributed by atoms with van der Waals surface area (Å²) in [5.74, 6) is 0. The van der Waals surface area contributed by atoms with Crippen molar-refractivity contribution in [2.24, 2.45) is 0 Å². The molecule has 0 atom stereocenters. The van der Waals surface area contributed by atoms with Crippen molar-refractivity contribution in [3.8, 4) is 0 Å². The first-order chi connectivity index (χ1) is 2.56. The Balaban J connectivity index is 3.17. The molecular formula is C2H6O3S. The van der Waals surface area contributed by atoms with Crippen molar-refractivity contribution >= 4 is 11.8 Å². The molecule has 3 nitrogen and oxygen atoms in total. The molecule has 0 radical (unpaired) electrons. The highest BCUT2D eigenvalue weighted by Crippen LogP contribution is 2.08. The molecular weight excluding hydrogens is 104 g/mol. The fourth-order valence-electron chi connectivity index (χ4n) is 0. The number of thioether (sulfide) groups is 1. The van der Waals surface area contributed by atoms with E-state index < -0.39 is 5.31 Å². The van der Waals surface area contributed by atoms with Crippen LogP contribution in [0.25, 0.3) is 0 Å². The van der Waals surface area contributed by atoms with E-state index in [-0.39, 0.29) is 0 Å². The van der Waals surface area contributed by atoms with Gasteiger partial charge in [0.2, 0.25) is 0 Å². The molecule has 0 rings (SSSR count). The molecule has 6 heavy (non-hydrogen) atoms. The lowest BCUT2D eigenvalue weighted by Gasteiger charge is -2.06. The molecule has 0 unspecified atom stereocenters. The van der Waals surface area contributed by atoms with Gasteiger partial charge >= 0.3 is 5.31 Å². The molecule has 0 aliphatic heterocycles. The van der Waals surface area contributed by atoms with Crippen molar-refractivity contribution in [2.75, 3.05) is 6.26 Å². The van der Waals surface area contributed by atoms with E-state index in [1.165, 1.54) is 6.26 Å². The molecule has 0 bridgehead atoms. The molecule has 3 N–H and O–H groups in total. The van der Waals surface area contributed by atoms with E-state index in [1.54, 1.807) is 0 Å². The van der Waals surface area contributed by atoms with Gasteiger partial charge in [-0.3, -0.25) is 0 Å². The minimum Gasteiger partial charge on any atom is -0.335 e. The first kappa shape index (κ1) is 6.23. The van der Waals surface area contributed by atoms with Crippen LogP contribution in [0, 0.1) is 0 Å². The average molecular weight is 110 g/mol. The van der Waals surface area contributed by atoms with Crippen LogP contribution in [0.15, 0.2) is 0 Å². The van der Waals surface area contributed by atoms with E-state index in [0.29, 0.717) is 11.8 Å². The van der Waals surface area contributed by atoms with Crippen molar-refractivity contribution in [3.05, 3.63) is 0 Å². The van der Waals surface area contributed by atoms with Gasteiger partial charge in [-0.05, 0) is 6.26 Å². The third-order valence-corrected chi connectivity index (χ3v) is 0.822. The Morgan fingerprint density at radius 1 is 1.33 bits per heavy atom. The largest absolute Gasteiger partial charge is 0.335 e. The molecule has 0 aromatic carbocycles. The Hall–Kier alpha value is 0.230. The Morgan fingerprint density at radius 2 is 1.50 bits per heavy atom. The molecule has 0 aliphatic carbocycles. The summed E-state index contributed by atoms with van der Waals surface area (Å²) < 4.78 is 0. The monoisotopic (exact) mass is 110 g/mol. The molecule has 0 amide bonds. The van der Waals surface area contributed by atoms with E-state index in [2.05, 4.69) is 0 Å². The van der Waals surface area contributed by atoms with Crippen LogP contribution in [0.3, 0.4) is 0 Å². The summed E-state index contributed by atoms with van der Waals surface area (Å²) in [6.45, 7) is 0. The molecule has 0 fully saturated rings. The maximum Gasteiger partial charge on any atom is 0.329 e. The molecule has 0 saturated heterocycles. The molecule has 38 valence electrons. The van der Waals surface area contributed by atoms with Crippen LogP contribution in [0.1, 0.15) is 0 Å². The second-order valence-corrected chi connectivity index (χ2v) is 1.73. The van der Waals surface area contributed by atoms with Crippen molar-refractivity contribution in [3.63, 3.8) is 0 Å². The van der Waals surface area contributed by atoms with Gasteiger partial charge in [0, 0.05) is 0 Å². The lowest BCUT2D eigenvalue weighted by atomic mass is 11.3. The third-order valence-electron chi connectivity index (χ3n) is 0.274. The van der Waals surface area contributed by atoms with E-state index in [0.717, 1.165) is 0 Å². The highest BCUT2D eigenvalue weighted by molar-refractivity contribution is 7.99. The Morgan fingerprint density at radius 3 is 1.50 bits per heavy atom. The van der Waals surface area contributed by atoms with E-state index in [1.807, 2.05) is 0 Å². The summed E-state index contributed by atoms with van der Waals surface area (Å²) >= 11 is 0.549. The first-order valence-electron chi connectivity index (χ1n) is 1.28. The van der Waals surface area contributed by atoms with Crippen LogP contribution >= 0.6 is 11.8 Å². The van der Waals surface area contributed by atoms with E-state index in [9.17, 15) is 0 Å². The molecule has 0 saturated carbocycles. The second-order valence-electron chi connectivity index (χ2n) is 0.778. The number of hydrogen-bond acceptors (Lipinski definition) is 4. The molecule has 0 aromatic heterocycles. The Kier molecular flexibility index (Phi) is 1.86. The van der Waals surface area contributed by atoms with Gasteiger partial charge in [-0.25, -0.2) is 0 Å². The Bertz CT molecular complexity index is 38.5. The summed E-state index contributed by atoms with van der Waals surface area (Å²) in [6.07, 6.45) is 1.38. The van der Waals surface area contributed by atoms with Gasteiger partial charge in [0.05, 0.1) is 0 Å². The van der Waals surface area contributed by atoms with Crippen LogP contribution in [-0.2, 0) is 0 Å². The van der Waals surface area contributed by atoms with Crippen molar-refractivity contribution in [2.45, 2.75) is 5.31 Å². The third kappa shape index (κ3) is 4.23. The van der Waals surface area contributed by atoms with Crippen molar-refractivity contribution in [1.82, 2.24) is 0 Å². The first-order valence-corrected chi connectivity index (χ1v) is 2.51. The minimum atomic E-state index is -2.54. The summed E-state index contributed by atoms with van der Waals surface area (Å²) in [4.78, 5) is 0. The maximum absolute atomic E-state index is 7.90. The van der Waals surface area contributed by atoms with Gasteiger partial charge in [0.15, 0.2) is 0 Å². The van der Waals surface area contributed by atoms with Gasteiger partial charge in [-0.1, -0.05) is 11.8 Å². The van der Waals surface area contributed by atoms with Gasteiger partial charge in [-0.2, -0.15) is 0 Å². The van der Waals surface area contributed by atoms with Crippen LogP contribution in [0.5, 0.6) is 0 Å². The van der Waals surface area contributed by atoms with E-state index in [4.69, 9.17) is 15.3 Å². The standard InChI is InChI=1S/C2H6O3S/c1-6-2(3,4)5/h3-5H,1H3. The summed E-state index contributed by atoms with van der Waals surface area (Å²) in [5.41, 5.74) is 0. The smallest absolute Gasteiger partial charge is 0.329 e. The number of aliphatic hydroxyl groups is 3. The minimum absolute atomic E-state index is 0.549. The fourth-order valence-corrected chi connectivity index (χ4v) is 0. The molecule has 0 aliphatic rings. The van der Waals surface area contributed by atoms with Gasteiger partial charge in [-0.15, -0.1) is 0 Å². The SMILES string of the molecule is CSC(O)(O)O. The van der Waals surface area contributed by atoms with Crippen LogP contribution in [0.2, 0.25) is 0 Å².